The van der Waals surface area contributed by atoms with Crippen LogP contribution in [0.5, 0.6) is 0 Å². The minimum absolute atomic E-state index is 0. The molecule has 0 heterocycles. The van der Waals surface area contributed by atoms with Crippen molar-refractivity contribution in [2.75, 3.05) is 0 Å². The fourth-order valence-electron chi connectivity index (χ4n) is 0. The Balaban J connectivity index is -0.0000000400. The molecule has 0 aromatic carbocycles. The molecule has 0 amide bonds. The van der Waals surface area contributed by atoms with Crippen molar-refractivity contribution in [2.45, 2.75) is 0 Å². The van der Waals surface area contributed by atoms with Crippen molar-refractivity contribution in [2.24, 2.45) is 0 Å². The van der Waals surface area contributed by atoms with Crippen LogP contribution in [0.4, 0.5) is 0 Å². The van der Waals surface area contributed by atoms with Crippen molar-refractivity contribution in [1.82, 2.24) is 0 Å². The van der Waals surface area contributed by atoms with Crippen LogP contribution in [-0.4, -0.2) is 75.6 Å². The van der Waals surface area contributed by atoms with Gasteiger partial charge < -0.3 is 27.3 Å². The first-order valence-corrected chi connectivity index (χ1v) is 6.00. The SMILES string of the molecule is O=S(=O)([O-])[O-].O=S(=O)([O-])[O-].O=S(=O)([O-])[O-].[Mg+2].[Mo+4]. The van der Waals surface area contributed by atoms with Crippen LogP contribution in [-0.2, 0) is 52.3 Å². The maximum absolute atomic E-state index is 8.52. The Morgan fingerprint density at radius 1 is 0.471 bits per heavy atom. The van der Waals surface area contributed by atoms with E-state index in [-0.39, 0.29) is 44.1 Å². The van der Waals surface area contributed by atoms with Gasteiger partial charge in [0.05, 0.1) is 0 Å². The molecule has 0 bridgehead atoms. The maximum atomic E-state index is 8.52. The van der Waals surface area contributed by atoms with Crippen molar-refractivity contribution in [3.8, 4) is 0 Å². The molecule has 0 aromatic rings. The molecular weight excluding hydrogens is 408 g/mol. The third-order valence-electron chi connectivity index (χ3n) is 0. The Morgan fingerprint density at radius 3 is 0.471 bits per heavy atom. The zero-order chi connectivity index (χ0) is 13.5. The Labute approximate surface area is 127 Å². The van der Waals surface area contributed by atoms with Gasteiger partial charge in [-0.3, -0.25) is 25.3 Å². The molecule has 0 fully saturated rings. The summed E-state index contributed by atoms with van der Waals surface area (Å²) < 4.78 is 102. The predicted octanol–water partition coefficient (Wildman–Crippen LogP) is -4.40. The van der Waals surface area contributed by atoms with Gasteiger partial charge in [0.25, 0.3) is 0 Å². The van der Waals surface area contributed by atoms with Crippen molar-refractivity contribution < 1.29 is 73.6 Å². The largest absolute Gasteiger partial charge is 4.00 e. The number of hydrogen-bond donors (Lipinski definition) is 0. The van der Waals surface area contributed by atoms with Crippen molar-refractivity contribution >= 4 is 54.2 Å². The van der Waals surface area contributed by atoms with Gasteiger partial charge in [0.15, 0.2) is 0 Å². The van der Waals surface area contributed by atoms with E-state index in [2.05, 4.69) is 0 Å². The van der Waals surface area contributed by atoms with Crippen LogP contribution >= 0.6 is 0 Å². The Bertz CT molecular complexity index is 343. The van der Waals surface area contributed by atoms with Crippen LogP contribution in [0.2, 0.25) is 0 Å². The van der Waals surface area contributed by atoms with Crippen LogP contribution in [0.1, 0.15) is 0 Å². The van der Waals surface area contributed by atoms with Crippen LogP contribution < -0.4 is 0 Å². The van der Waals surface area contributed by atoms with Gasteiger partial charge in [0.1, 0.15) is 0 Å². The Kier molecular flexibility index (Phi) is 22.0. The Hall–Kier alpha value is 1.06. The summed E-state index contributed by atoms with van der Waals surface area (Å²) in [5.41, 5.74) is 0. The van der Waals surface area contributed by atoms with Gasteiger partial charge in [0, 0.05) is 31.2 Å². The molecule has 0 unspecified atom stereocenters. The molecule has 98 valence electrons. The second-order valence-electron chi connectivity index (χ2n) is 1.22. The standard InChI is InChI=1S/Mg.Mo.3H2O4S/c;;3*1-5(2,3)4/h;;3*(H2,1,2,3,4)/q+2;+4;;;/p-6. The summed E-state index contributed by atoms with van der Waals surface area (Å²) in [5, 5.41) is 0. The van der Waals surface area contributed by atoms with E-state index in [0.29, 0.717) is 0 Å². The third kappa shape index (κ3) is 3420. The number of rotatable bonds is 0. The minimum atomic E-state index is -5.17. The quantitative estimate of drug-likeness (QED) is 0.209. The zero-order valence-electron chi connectivity index (χ0n) is 7.24. The van der Waals surface area contributed by atoms with Gasteiger partial charge in [-0.25, -0.2) is 0 Å². The fourth-order valence-corrected chi connectivity index (χ4v) is 0. The smallest absolute Gasteiger partial charge is 0.759 e. The van der Waals surface area contributed by atoms with E-state index in [1.54, 1.807) is 0 Å². The molecule has 0 aromatic heterocycles. The molecule has 0 saturated carbocycles. The summed E-state index contributed by atoms with van der Waals surface area (Å²) in [5.74, 6) is 0. The van der Waals surface area contributed by atoms with Crippen LogP contribution in [0.25, 0.3) is 0 Å². The molecule has 0 aliphatic rings. The van der Waals surface area contributed by atoms with E-state index in [1.165, 1.54) is 0 Å². The topological polar surface area (TPSA) is 241 Å². The van der Waals surface area contributed by atoms with E-state index in [1.807, 2.05) is 0 Å². The molecule has 12 nitrogen and oxygen atoms in total. The summed E-state index contributed by atoms with van der Waals surface area (Å²) in [6, 6.07) is 0. The van der Waals surface area contributed by atoms with E-state index < -0.39 is 31.2 Å². The minimum Gasteiger partial charge on any atom is -0.759 e. The summed E-state index contributed by atoms with van der Waals surface area (Å²) in [7, 11) is -15.5. The maximum Gasteiger partial charge on any atom is 4.00 e. The van der Waals surface area contributed by atoms with E-state index in [9.17, 15) is 0 Å². The molecule has 0 rings (SSSR count). The zero-order valence-corrected chi connectivity index (χ0v) is 13.1. The molecule has 0 saturated heterocycles. The first-order valence-electron chi connectivity index (χ1n) is 2.00. The second-order valence-corrected chi connectivity index (χ2v) is 3.67. The molecular formula is MgMoO12S3. The predicted molar refractivity (Wildman–Crippen MR) is 37.2 cm³/mol. The van der Waals surface area contributed by atoms with Crippen molar-refractivity contribution in [1.29, 1.82) is 0 Å². The first kappa shape index (κ1) is 30.8. The van der Waals surface area contributed by atoms with Gasteiger partial charge in [-0.2, -0.15) is 0 Å². The molecule has 0 aliphatic carbocycles. The monoisotopic (exact) mass is 410 g/mol. The molecule has 0 radical (unpaired) electrons. The molecule has 0 atom stereocenters. The van der Waals surface area contributed by atoms with Gasteiger partial charge in [-0.05, 0) is 0 Å². The summed E-state index contributed by atoms with van der Waals surface area (Å²) >= 11 is 0. The first-order chi connectivity index (χ1) is 6.00. The average Bonchev–Trinajstić information content (AvgIpc) is 1.41. The summed E-state index contributed by atoms with van der Waals surface area (Å²) in [4.78, 5) is 0. The van der Waals surface area contributed by atoms with Crippen molar-refractivity contribution in [3.63, 3.8) is 0 Å². The average molecular weight is 408 g/mol. The van der Waals surface area contributed by atoms with Crippen molar-refractivity contribution in [3.05, 3.63) is 0 Å². The summed E-state index contributed by atoms with van der Waals surface area (Å²) in [6.45, 7) is 0. The van der Waals surface area contributed by atoms with Gasteiger partial charge in [0.2, 0.25) is 0 Å². The molecule has 17 heteroatoms. The van der Waals surface area contributed by atoms with E-state index >= 15 is 0 Å². The molecule has 0 N–H and O–H groups in total. The van der Waals surface area contributed by atoms with Crippen LogP contribution in [0, 0.1) is 0 Å². The van der Waals surface area contributed by atoms with Gasteiger partial charge in [-0.15, -0.1) is 0 Å². The number of hydrogen-bond acceptors (Lipinski definition) is 12. The van der Waals surface area contributed by atoms with Crippen LogP contribution in [0.15, 0.2) is 0 Å². The summed E-state index contributed by atoms with van der Waals surface area (Å²) in [6.07, 6.45) is 0. The van der Waals surface area contributed by atoms with Gasteiger partial charge >= 0.3 is 44.1 Å². The molecule has 0 spiro atoms. The third-order valence-corrected chi connectivity index (χ3v) is 0. The molecule has 0 aliphatic heterocycles. The molecule has 17 heavy (non-hydrogen) atoms. The van der Waals surface area contributed by atoms with E-state index in [0.717, 1.165) is 0 Å². The second kappa shape index (κ2) is 12.1. The Morgan fingerprint density at radius 2 is 0.471 bits per heavy atom. The van der Waals surface area contributed by atoms with Crippen LogP contribution in [0.3, 0.4) is 0 Å². The fraction of sp³-hybridized carbons (Fsp3) is 0. The van der Waals surface area contributed by atoms with E-state index in [4.69, 9.17) is 52.6 Å². The van der Waals surface area contributed by atoms with Gasteiger partial charge in [-0.1, -0.05) is 0 Å². The normalized spacial score (nSPS) is 10.2.